The minimum absolute atomic E-state index is 0.700. The second-order valence-corrected chi connectivity index (χ2v) is 9.92. The van der Waals surface area contributed by atoms with Gasteiger partial charge < -0.3 is 0 Å². The lowest BCUT2D eigenvalue weighted by molar-refractivity contribution is 1.07. The van der Waals surface area contributed by atoms with Crippen molar-refractivity contribution in [2.45, 2.75) is 0 Å². The molecule has 0 bridgehead atoms. The van der Waals surface area contributed by atoms with Gasteiger partial charge in [0.15, 0.2) is 11.6 Å². The molecule has 0 radical (unpaired) electrons. The third-order valence-electron chi connectivity index (χ3n) is 5.85. The Labute approximate surface area is 191 Å². The minimum Gasteiger partial charge on any atom is -0.217 e. The number of thiophene rings is 2. The molecule has 7 aromatic rings. The molecule has 0 fully saturated rings. The topological polar surface area (TPSA) is 38.7 Å². The maximum Gasteiger partial charge on any atom is 0.163 e. The Kier molecular flexibility index (Phi) is 3.88. The molecule has 4 aromatic carbocycles. The molecule has 0 saturated carbocycles. The van der Waals surface area contributed by atoms with Gasteiger partial charge in [0, 0.05) is 51.5 Å². The van der Waals surface area contributed by atoms with Crippen LogP contribution in [-0.2, 0) is 0 Å². The van der Waals surface area contributed by atoms with Crippen LogP contribution in [0.1, 0.15) is 0 Å². The molecule has 0 aliphatic rings. The number of fused-ring (bicyclic) bond motifs is 6. The van der Waals surface area contributed by atoms with Gasteiger partial charge in [0.05, 0.1) is 0 Å². The van der Waals surface area contributed by atoms with Crippen LogP contribution in [-0.4, -0.2) is 15.0 Å². The van der Waals surface area contributed by atoms with Crippen LogP contribution in [0.3, 0.4) is 0 Å². The van der Waals surface area contributed by atoms with Crippen molar-refractivity contribution in [2.75, 3.05) is 0 Å². The van der Waals surface area contributed by atoms with Crippen LogP contribution in [0.15, 0.2) is 91.3 Å². The fraction of sp³-hybridized carbons (Fsp3) is 0. The average Bonchev–Trinajstić information content (AvgIpc) is 3.41. The predicted octanol–water partition coefficient (Wildman–Crippen LogP) is 7.94. The summed E-state index contributed by atoms with van der Waals surface area (Å²) in [7, 11) is 0. The summed E-state index contributed by atoms with van der Waals surface area (Å²) in [6.07, 6.45) is 1.61. The van der Waals surface area contributed by atoms with Crippen molar-refractivity contribution in [3.05, 3.63) is 91.3 Å². The molecule has 0 spiro atoms. The van der Waals surface area contributed by atoms with Crippen molar-refractivity contribution in [3.8, 4) is 22.8 Å². The second kappa shape index (κ2) is 6.92. The third-order valence-corrected chi connectivity index (χ3v) is 8.11. The Bertz CT molecular complexity index is 1670. The van der Waals surface area contributed by atoms with Crippen LogP contribution >= 0.6 is 22.7 Å². The highest BCUT2D eigenvalue weighted by Gasteiger charge is 2.11. The number of hydrogen-bond acceptors (Lipinski definition) is 5. The zero-order valence-electron chi connectivity index (χ0n) is 16.8. The van der Waals surface area contributed by atoms with Gasteiger partial charge in [0.2, 0.25) is 0 Å². The van der Waals surface area contributed by atoms with Gasteiger partial charge in [-0.2, -0.15) is 0 Å². The van der Waals surface area contributed by atoms with Crippen molar-refractivity contribution in [2.24, 2.45) is 0 Å². The molecular formula is C27H15N3S2. The maximum absolute atomic E-state index is 4.82. The molecule has 0 unspecified atom stereocenters. The number of hydrogen-bond donors (Lipinski definition) is 0. The van der Waals surface area contributed by atoms with Gasteiger partial charge in [-0.1, -0.05) is 60.7 Å². The molecule has 0 amide bonds. The number of aromatic nitrogens is 3. The van der Waals surface area contributed by atoms with E-state index in [-0.39, 0.29) is 0 Å². The highest BCUT2D eigenvalue weighted by atomic mass is 32.1. The first-order chi connectivity index (χ1) is 15.8. The van der Waals surface area contributed by atoms with Crippen molar-refractivity contribution in [3.63, 3.8) is 0 Å². The summed E-state index contributed by atoms with van der Waals surface area (Å²) in [5.74, 6) is 1.40. The number of benzene rings is 4. The van der Waals surface area contributed by atoms with Crippen molar-refractivity contribution >= 4 is 63.0 Å². The summed E-state index contributed by atoms with van der Waals surface area (Å²) < 4.78 is 5.09. The number of rotatable bonds is 2. The normalized spacial score (nSPS) is 11.8. The molecule has 3 nitrogen and oxygen atoms in total. The third kappa shape index (κ3) is 2.75. The van der Waals surface area contributed by atoms with Crippen molar-refractivity contribution in [1.82, 2.24) is 15.0 Å². The van der Waals surface area contributed by atoms with E-state index in [9.17, 15) is 0 Å². The molecule has 0 saturated heterocycles. The zero-order chi connectivity index (χ0) is 21.1. The standard InChI is InChI=1S/C27H15N3S2/c1-3-7-22-18(5-1)20-11-9-16(13-24(20)31-22)26-28-15-29-27(30-26)17-10-12-21-19-6-2-4-8-23(19)32-25(21)14-17/h1-15H. The monoisotopic (exact) mass is 445 g/mol. The van der Waals surface area contributed by atoms with Gasteiger partial charge in [-0.25, -0.2) is 15.0 Å². The molecule has 0 N–H and O–H groups in total. The van der Waals surface area contributed by atoms with E-state index in [0.29, 0.717) is 11.6 Å². The lowest BCUT2D eigenvalue weighted by atomic mass is 10.1. The molecule has 0 aliphatic heterocycles. The summed E-state index contributed by atoms with van der Waals surface area (Å²) in [5, 5.41) is 5.15. The number of nitrogens with zero attached hydrogens (tertiary/aromatic N) is 3. The Balaban J connectivity index is 1.34. The molecule has 3 heterocycles. The molecular weight excluding hydrogens is 430 g/mol. The SMILES string of the molecule is c1ccc2c(c1)sc1cc(-c3ncnc(-c4ccc5c(c4)sc4ccccc45)n3)ccc12. The van der Waals surface area contributed by atoms with Gasteiger partial charge in [-0.15, -0.1) is 22.7 Å². The van der Waals surface area contributed by atoms with Gasteiger partial charge in [-0.3, -0.25) is 0 Å². The van der Waals surface area contributed by atoms with E-state index in [1.165, 1.54) is 40.3 Å². The fourth-order valence-corrected chi connectivity index (χ4v) is 6.60. The van der Waals surface area contributed by atoms with Crippen molar-refractivity contribution < 1.29 is 0 Å². The van der Waals surface area contributed by atoms with Crippen molar-refractivity contribution in [1.29, 1.82) is 0 Å². The van der Waals surface area contributed by atoms with E-state index in [1.807, 2.05) is 0 Å². The summed E-state index contributed by atoms with van der Waals surface area (Å²) in [5.41, 5.74) is 2.02. The first kappa shape index (κ1) is 18.0. The van der Waals surface area contributed by atoms with Gasteiger partial charge in [0.25, 0.3) is 0 Å². The lowest BCUT2D eigenvalue weighted by Crippen LogP contribution is -1.94. The highest BCUT2D eigenvalue weighted by molar-refractivity contribution is 7.26. The molecule has 5 heteroatoms. The van der Waals surface area contributed by atoms with Gasteiger partial charge in [-0.05, 0) is 24.3 Å². The van der Waals surface area contributed by atoms with E-state index < -0.39 is 0 Å². The predicted molar refractivity (Wildman–Crippen MR) is 136 cm³/mol. The van der Waals surface area contributed by atoms with E-state index in [4.69, 9.17) is 4.98 Å². The Morgan fingerprint density at radius 1 is 0.469 bits per heavy atom. The molecule has 32 heavy (non-hydrogen) atoms. The first-order valence-electron chi connectivity index (χ1n) is 10.4. The summed E-state index contributed by atoms with van der Waals surface area (Å²) >= 11 is 3.61. The van der Waals surface area contributed by atoms with E-state index >= 15 is 0 Å². The Morgan fingerprint density at radius 2 is 0.938 bits per heavy atom. The summed E-state index contributed by atoms with van der Waals surface area (Å²) in [4.78, 5) is 13.8. The zero-order valence-corrected chi connectivity index (χ0v) is 18.5. The molecule has 150 valence electrons. The first-order valence-corrected chi connectivity index (χ1v) is 12.0. The second-order valence-electron chi connectivity index (χ2n) is 7.75. The van der Waals surface area contributed by atoms with Crippen LogP contribution in [0, 0.1) is 0 Å². The largest absolute Gasteiger partial charge is 0.217 e. The highest BCUT2D eigenvalue weighted by Crippen LogP contribution is 2.37. The van der Waals surface area contributed by atoms with Crippen LogP contribution in [0.4, 0.5) is 0 Å². The molecule has 0 aliphatic carbocycles. The smallest absolute Gasteiger partial charge is 0.163 e. The Hall–Kier alpha value is -3.67. The summed E-state index contributed by atoms with van der Waals surface area (Å²) in [6, 6.07) is 30.0. The molecule has 0 atom stereocenters. The average molecular weight is 446 g/mol. The van der Waals surface area contributed by atoms with Crippen LogP contribution in [0.25, 0.3) is 63.1 Å². The molecule has 7 rings (SSSR count). The quantitative estimate of drug-likeness (QED) is 0.271. The summed E-state index contributed by atoms with van der Waals surface area (Å²) in [6.45, 7) is 0. The van der Waals surface area contributed by atoms with E-state index in [1.54, 1.807) is 29.0 Å². The fourth-order valence-electron chi connectivity index (χ4n) is 4.30. The van der Waals surface area contributed by atoms with Gasteiger partial charge >= 0.3 is 0 Å². The van der Waals surface area contributed by atoms with Gasteiger partial charge in [0.1, 0.15) is 6.33 Å². The lowest BCUT2D eigenvalue weighted by Gasteiger charge is -2.04. The maximum atomic E-state index is 4.82. The molecule has 3 aromatic heterocycles. The minimum atomic E-state index is 0.700. The van der Waals surface area contributed by atoms with E-state index in [2.05, 4.69) is 94.9 Å². The van der Waals surface area contributed by atoms with E-state index in [0.717, 1.165) is 11.1 Å². The van der Waals surface area contributed by atoms with Crippen LogP contribution in [0.5, 0.6) is 0 Å². The van der Waals surface area contributed by atoms with Crippen LogP contribution in [0.2, 0.25) is 0 Å². The Morgan fingerprint density at radius 3 is 1.47 bits per heavy atom. The van der Waals surface area contributed by atoms with Crippen LogP contribution < -0.4 is 0 Å².